The Balaban J connectivity index is 2.74. The molecule has 1 heterocycles. The van der Waals surface area contributed by atoms with Crippen LogP contribution in [0.4, 0.5) is 0 Å². The highest BCUT2D eigenvalue weighted by molar-refractivity contribution is 4.95. The summed E-state index contributed by atoms with van der Waals surface area (Å²) >= 11 is 0. The Morgan fingerprint density at radius 3 is 3.09 bits per heavy atom. The van der Waals surface area contributed by atoms with E-state index in [1.807, 2.05) is 11.6 Å². The summed E-state index contributed by atoms with van der Waals surface area (Å²) in [4.78, 5) is 0. The summed E-state index contributed by atoms with van der Waals surface area (Å²) in [5.74, 6) is 0.796. The molecule has 0 saturated carbocycles. The van der Waals surface area contributed by atoms with Crippen molar-refractivity contribution in [2.24, 2.45) is 12.8 Å². The van der Waals surface area contributed by atoms with Crippen molar-refractivity contribution in [3.63, 3.8) is 0 Å². The van der Waals surface area contributed by atoms with Crippen LogP contribution in [0.5, 0.6) is 0 Å². The third-order valence-electron chi connectivity index (χ3n) is 1.50. The summed E-state index contributed by atoms with van der Waals surface area (Å²) in [7, 11) is 1.87. The Bertz CT molecular complexity index is 240. The summed E-state index contributed by atoms with van der Waals surface area (Å²) in [6.07, 6.45) is 4.14. The second-order valence-corrected chi connectivity index (χ2v) is 2.43. The maximum atomic E-state index is 5.76. The van der Waals surface area contributed by atoms with E-state index in [4.69, 9.17) is 5.73 Å². The zero-order valence-electron chi connectivity index (χ0n) is 6.57. The van der Waals surface area contributed by atoms with Crippen molar-refractivity contribution in [2.45, 2.75) is 12.5 Å². The van der Waals surface area contributed by atoms with Crippen molar-refractivity contribution in [1.29, 1.82) is 0 Å². The largest absolute Gasteiger partial charge is 0.321 e. The molecule has 1 unspecified atom stereocenters. The number of hydrogen-bond acceptors (Lipinski definition) is 3. The van der Waals surface area contributed by atoms with E-state index in [9.17, 15) is 0 Å². The predicted octanol–water partition coefficient (Wildman–Crippen LogP) is 0.391. The second-order valence-electron chi connectivity index (χ2n) is 2.43. The molecular formula is C7H12N4. The first-order valence-electron chi connectivity index (χ1n) is 3.46. The molecule has 0 amide bonds. The van der Waals surface area contributed by atoms with Gasteiger partial charge in [-0.2, -0.15) is 0 Å². The number of nitrogens with zero attached hydrogens (tertiary/aromatic N) is 3. The van der Waals surface area contributed by atoms with E-state index in [0.29, 0.717) is 0 Å². The summed E-state index contributed by atoms with van der Waals surface area (Å²) in [5.41, 5.74) is 5.76. The van der Waals surface area contributed by atoms with E-state index in [1.165, 1.54) is 0 Å². The zero-order chi connectivity index (χ0) is 8.27. The molecule has 0 aromatic carbocycles. The van der Waals surface area contributed by atoms with Crippen LogP contribution in [0.3, 0.4) is 0 Å². The molecule has 0 fully saturated rings. The van der Waals surface area contributed by atoms with Crippen molar-refractivity contribution >= 4 is 0 Å². The molecular weight excluding hydrogens is 140 g/mol. The molecule has 1 rings (SSSR count). The standard InChI is InChI=1S/C7H12N4/c1-3-4-6(8)7-10-9-5-11(7)2/h3,5-6H,1,4,8H2,2H3. The maximum absolute atomic E-state index is 5.76. The number of aryl methyl sites for hydroxylation is 1. The van der Waals surface area contributed by atoms with Crippen LogP contribution in [0.1, 0.15) is 18.3 Å². The molecule has 0 spiro atoms. The lowest BCUT2D eigenvalue weighted by Gasteiger charge is -2.06. The second kappa shape index (κ2) is 3.30. The predicted molar refractivity (Wildman–Crippen MR) is 42.7 cm³/mol. The van der Waals surface area contributed by atoms with Crippen LogP contribution >= 0.6 is 0 Å². The fraction of sp³-hybridized carbons (Fsp3) is 0.429. The Hall–Kier alpha value is -1.16. The van der Waals surface area contributed by atoms with Gasteiger partial charge in [-0.15, -0.1) is 16.8 Å². The molecule has 0 radical (unpaired) electrons. The summed E-state index contributed by atoms with van der Waals surface area (Å²) < 4.78 is 1.81. The van der Waals surface area contributed by atoms with E-state index in [1.54, 1.807) is 12.4 Å². The van der Waals surface area contributed by atoms with Gasteiger partial charge in [0.2, 0.25) is 0 Å². The minimum atomic E-state index is -0.0833. The SMILES string of the molecule is C=CCC(N)c1nncn1C. The summed E-state index contributed by atoms with van der Waals surface area (Å²) in [6, 6.07) is -0.0833. The van der Waals surface area contributed by atoms with Crippen LogP contribution in [-0.4, -0.2) is 14.8 Å². The smallest absolute Gasteiger partial charge is 0.149 e. The normalized spacial score (nSPS) is 12.9. The van der Waals surface area contributed by atoms with Gasteiger partial charge in [0.1, 0.15) is 12.2 Å². The van der Waals surface area contributed by atoms with E-state index >= 15 is 0 Å². The molecule has 0 aliphatic carbocycles. The quantitative estimate of drug-likeness (QED) is 0.637. The molecule has 60 valence electrons. The number of hydrogen-bond donors (Lipinski definition) is 1. The molecule has 1 aromatic heterocycles. The van der Waals surface area contributed by atoms with Crippen molar-refractivity contribution < 1.29 is 0 Å². The Morgan fingerprint density at radius 2 is 2.64 bits per heavy atom. The van der Waals surface area contributed by atoms with Gasteiger partial charge in [0.15, 0.2) is 0 Å². The molecule has 0 aliphatic rings. The highest BCUT2D eigenvalue weighted by Gasteiger charge is 2.08. The minimum Gasteiger partial charge on any atom is -0.321 e. The van der Waals surface area contributed by atoms with Crippen molar-refractivity contribution in [1.82, 2.24) is 14.8 Å². The van der Waals surface area contributed by atoms with Crippen LogP contribution < -0.4 is 5.73 Å². The highest BCUT2D eigenvalue weighted by atomic mass is 15.3. The molecule has 4 nitrogen and oxygen atoms in total. The molecule has 4 heteroatoms. The van der Waals surface area contributed by atoms with Gasteiger partial charge >= 0.3 is 0 Å². The van der Waals surface area contributed by atoms with Gasteiger partial charge in [0, 0.05) is 7.05 Å². The van der Waals surface area contributed by atoms with Gasteiger partial charge in [-0.1, -0.05) is 6.08 Å². The average Bonchev–Trinajstić information content (AvgIpc) is 2.36. The third-order valence-corrected chi connectivity index (χ3v) is 1.50. The van der Waals surface area contributed by atoms with E-state index in [-0.39, 0.29) is 6.04 Å². The van der Waals surface area contributed by atoms with Gasteiger partial charge in [0.05, 0.1) is 6.04 Å². The van der Waals surface area contributed by atoms with Crippen molar-refractivity contribution in [2.75, 3.05) is 0 Å². The lowest BCUT2D eigenvalue weighted by molar-refractivity contribution is 0.641. The number of rotatable bonds is 3. The molecule has 1 atom stereocenters. The van der Waals surface area contributed by atoms with Gasteiger partial charge in [-0.05, 0) is 6.42 Å². The number of aromatic nitrogens is 3. The lowest BCUT2D eigenvalue weighted by atomic mass is 10.2. The highest BCUT2D eigenvalue weighted by Crippen LogP contribution is 2.08. The Kier molecular flexibility index (Phi) is 2.38. The van der Waals surface area contributed by atoms with E-state index in [0.717, 1.165) is 12.2 Å². The summed E-state index contributed by atoms with van der Waals surface area (Å²) in [6.45, 7) is 3.60. The monoisotopic (exact) mass is 152 g/mol. The molecule has 0 aliphatic heterocycles. The fourth-order valence-electron chi connectivity index (χ4n) is 0.913. The van der Waals surface area contributed by atoms with Gasteiger partial charge < -0.3 is 10.3 Å². The van der Waals surface area contributed by atoms with Crippen molar-refractivity contribution in [3.8, 4) is 0 Å². The fourth-order valence-corrected chi connectivity index (χ4v) is 0.913. The first-order valence-corrected chi connectivity index (χ1v) is 3.46. The summed E-state index contributed by atoms with van der Waals surface area (Å²) in [5, 5.41) is 7.60. The zero-order valence-corrected chi connectivity index (χ0v) is 6.57. The van der Waals surface area contributed by atoms with Gasteiger partial charge in [-0.3, -0.25) is 0 Å². The van der Waals surface area contributed by atoms with Crippen LogP contribution in [0.25, 0.3) is 0 Å². The molecule has 2 N–H and O–H groups in total. The minimum absolute atomic E-state index is 0.0833. The van der Waals surface area contributed by atoms with Crippen LogP contribution in [-0.2, 0) is 7.05 Å². The first-order chi connectivity index (χ1) is 5.25. The third kappa shape index (κ3) is 1.65. The topological polar surface area (TPSA) is 56.7 Å². The molecule has 0 bridgehead atoms. The van der Waals surface area contributed by atoms with Gasteiger partial charge in [0.25, 0.3) is 0 Å². The van der Waals surface area contributed by atoms with Gasteiger partial charge in [-0.25, -0.2) is 0 Å². The van der Waals surface area contributed by atoms with Crippen LogP contribution in [0, 0.1) is 0 Å². The Morgan fingerprint density at radius 1 is 1.91 bits per heavy atom. The van der Waals surface area contributed by atoms with E-state index < -0.39 is 0 Å². The van der Waals surface area contributed by atoms with E-state index in [2.05, 4.69) is 16.8 Å². The molecule has 1 aromatic rings. The number of nitrogens with two attached hydrogens (primary N) is 1. The average molecular weight is 152 g/mol. The van der Waals surface area contributed by atoms with Crippen LogP contribution in [0.2, 0.25) is 0 Å². The van der Waals surface area contributed by atoms with Crippen molar-refractivity contribution in [3.05, 3.63) is 24.8 Å². The molecule has 11 heavy (non-hydrogen) atoms. The Labute approximate surface area is 65.7 Å². The maximum Gasteiger partial charge on any atom is 0.149 e. The lowest BCUT2D eigenvalue weighted by Crippen LogP contribution is -2.14. The molecule has 0 saturated heterocycles. The first kappa shape index (κ1) is 7.94. The van der Waals surface area contributed by atoms with Crippen LogP contribution in [0.15, 0.2) is 19.0 Å².